The number of halogens is 1. The molecule has 0 bridgehead atoms. The highest BCUT2D eigenvalue weighted by atomic mass is 79.9. The van der Waals surface area contributed by atoms with Gasteiger partial charge >= 0.3 is 0 Å². The fraction of sp³-hybridized carbons (Fsp3) is 0. The minimum Gasteiger partial charge on any atom is -0.433 e. The van der Waals surface area contributed by atoms with Gasteiger partial charge in [0, 0.05) is 5.69 Å². The molecular weight excluding hydrogens is 179 g/mol. The number of hydrogen-bond acceptors (Lipinski definition) is 2. The van der Waals surface area contributed by atoms with E-state index < -0.39 is 0 Å². The molecule has 0 aliphatic rings. The Morgan fingerprint density at radius 1 is 1.56 bits per heavy atom. The summed E-state index contributed by atoms with van der Waals surface area (Å²) in [5, 5.41) is 2.97. The van der Waals surface area contributed by atoms with Crippen molar-refractivity contribution in [2.75, 3.05) is 5.23 Å². The summed E-state index contributed by atoms with van der Waals surface area (Å²) in [5.41, 5.74) is 1.03. The molecule has 0 radical (unpaired) electrons. The van der Waals surface area contributed by atoms with Crippen molar-refractivity contribution in [3.63, 3.8) is 0 Å². The van der Waals surface area contributed by atoms with Gasteiger partial charge in [-0.1, -0.05) is 0 Å². The number of pyridine rings is 1. The van der Waals surface area contributed by atoms with Crippen LogP contribution in [0.3, 0.4) is 0 Å². The molecule has 1 aromatic heterocycles. The van der Waals surface area contributed by atoms with Gasteiger partial charge in [-0.25, -0.2) is 4.98 Å². The van der Waals surface area contributed by atoms with E-state index in [0.29, 0.717) is 0 Å². The third-order valence-corrected chi connectivity index (χ3v) is 1.49. The van der Waals surface area contributed by atoms with Crippen LogP contribution in [0.5, 0.6) is 0 Å². The average Bonchev–Trinajstić information content (AvgIpc) is 1.90. The number of rotatable bonds is 1. The summed E-state index contributed by atoms with van der Waals surface area (Å²) in [7, 11) is 1.87. The van der Waals surface area contributed by atoms with Crippen molar-refractivity contribution >= 4 is 29.6 Å². The molecule has 2 nitrogen and oxygen atoms in total. The molecule has 1 rings (SSSR count). The molecule has 0 atom stereocenters. The molecule has 9 heavy (non-hydrogen) atoms. The summed E-state index contributed by atoms with van der Waals surface area (Å²) < 4.78 is 0.863. The van der Waals surface area contributed by atoms with Crippen LogP contribution in [0.25, 0.3) is 0 Å². The number of aromatic nitrogens is 1. The fourth-order valence-corrected chi connectivity index (χ4v) is 0.758. The van der Waals surface area contributed by atoms with E-state index in [1.807, 2.05) is 20.1 Å². The second-order valence-electron chi connectivity index (χ2n) is 1.62. The molecule has 46 valence electrons. The first kappa shape index (κ1) is 6.61. The normalized spacial score (nSPS) is 9.00. The van der Waals surface area contributed by atoms with Crippen molar-refractivity contribution in [2.45, 2.75) is 0 Å². The molecule has 0 amide bonds. The third kappa shape index (κ3) is 1.71. The molecule has 0 unspecified atom stereocenters. The van der Waals surface area contributed by atoms with Crippen LogP contribution in [0.2, 0.25) is 0 Å². The Hall–Kier alpha value is -0.505. The van der Waals surface area contributed by atoms with E-state index >= 15 is 0 Å². The lowest BCUT2D eigenvalue weighted by Crippen LogP contribution is -1.89. The molecule has 0 fully saturated rings. The van der Waals surface area contributed by atoms with Crippen molar-refractivity contribution in [3.8, 4) is 0 Å². The summed E-state index contributed by atoms with van der Waals surface area (Å²) in [5.74, 6) is 0. The van der Waals surface area contributed by atoms with Gasteiger partial charge < -0.3 is 5.23 Å². The molecule has 0 aromatic carbocycles. The van der Waals surface area contributed by atoms with E-state index in [0.717, 1.165) is 10.3 Å². The third-order valence-electron chi connectivity index (χ3n) is 1.02. The van der Waals surface area contributed by atoms with Crippen LogP contribution in [-0.4, -0.2) is 13.0 Å². The lowest BCUT2D eigenvalue weighted by Gasteiger charge is -1.96. The van der Waals surface area contributed by atoms with Crippen LogP contribution in [0, 0.1) is 0 Å². The predicted molar refractivity (Wildman–Crippen MR) is 44.1 cm³/mol. The van der Waals surface area contributed by atoms with Gasteiger partial charge in [0.15, 0.2) is 0 Å². The smallest absolute Gasteiger partial charge is 0.214 e. The topological polar surface area (TPSA) is 24.9 Å². The van der Waals surface area contributed by atoms with Gasteiger partial charge in [-0.05, 0) is 28.1 Å². The number of nitrogens with zero attached hydrogens (tertiary/aromatic N) is 1. The van der Waals surface area contributed by atoms with E-state index in [2.05, 4.69) is 26.1 Å². The molecule has 0 aliphatic carbocycles. The van der Waals surface area contributed by atoms with Crippen molar-refractivity contribution < 1.29 is 0 Å². The number of nitrogens with one attached hydrogen (secondary N) is 1. The molecule has 1 heterocycles. The highest BCUT2D eigenvalue weighted by molar-refractivity contribution is 9.10. The Labute approximate surface area is 63.2 Å². The second kappa shape index (κ2) is 2.87. The van der Waals surface area contributed by atoms with Crippen LogP contribution in [-0.2, 0) is 0 Å². The van der Waals surface area contributed by atoms with E-state index in [4.69, 9.17) is 0 Å². The quantitative estimate of drug-likeness (QED) is 0.516. The van der Waals surface area contributed by atoms with Crippen molar-refractivity contribution in [2.24, 2.45) is 0 Å². The van der Waals surface area contributed by atoms with Gasteiger partial charge in [0.2, 0.25) is 7.98 Å². The minimum absolute atomic E-state index is 0.863. The lowest BCUT2D eigenvalue weighted by molar-refractivity contribution is 1.28. The van der Waals surface area contributed by atoms with Crippen molar-refractivity contribution in [3.05, 3.63) is 22.9 Å². The van der Waals surface area contributed by atoms with Crippen LogP contribution in [0.1, 0.15) is 0 Å². The maximum absolute atomic E-state index is 4.00. The van der Waals surface area contributed by atoms with Crippen LogP contribution in [0.4, 0.5) is 5.69 Å². The molecule has 0 aliphatic heterocycles. The Balaban J connectivity index is 2.88. The summed E-state index contributed by atoms with van der Waals surface area (Å²) in [6.07, 6.45) is 1.77. The molecule has 1 N–H and O–H groups in total. The SMILES string of the molecule is BNc1ccc(Br)nc1. The Morgan fingerprint density at radius 2 is 2.33 bits per heavy atom. The standard InChI is InChI=1S/C5H6BBrN2/c6-9-4-1-2-5(7)8-3-4/h1-3,9H,6H2. The largest absolute Gasteiger partial charge is 0.433 e. The van der Waals surface area contributed by atoms with Crippen LogP contribution >= 0.6 is 15.9 Å². The van der Waals surface area contributed by atoms with E-state index in [1.165, 1.54) is 0 Å². The van der Waals surface area contributed by atoms with Gasteiger partial charge in [0.05, 0.1) is 6.20 Å². The summed E-state index contributed by atoms with van der Waals surface area (Å²) >= 11 is 3.24. The van der Waals surface area contributed by atoms with Gasteiger partial charge in [-0.3, -0.25) is 0 Å². The van der Waals surface area contributed by atoms with Crippen LogP contribution < -0.4 is 5.23 Å². The Morgan fingerprint density at radius 3 is 2.78 bits per heavy atom. The Bertz CT molecular complexity index is 187. The first-order valence-corrected chi connectivity index (χ1v) is 3.41. The van der Waals surface area contributed by atoms with E-state index in [9.17, 15) is 0 Å². The molecule has 0 spiro atoms. The molecule has 1 aromatic rings. The second-order valence-corrected chi connectivity index (χ2v) is 2.43. The van der Waals surface area contributed by atoms with E-state index in [1.54, 1.807) is 6.20 Å². The molecule has 4 heteroatoms. The molecule has 0 saturated carbocycles. The zero-order valence-electron chi connectivity index (χ0n) is 5.06. The van der Waals surface area contributed by atoms with Crippen molar-refractivity contribution in [1.29, 1.82) is 0 Å². The maximum atomic E-state index is 4.00. The fourth-order valence-electron chi connectivity index (χ4n) is 0.524. The molecular formula is C5H6BBrN2. The van der Waals surface area contributed by atoms with Gasteiger partial charge in [-0.2, -0.15) is 0 Å². The summed E-state index contributed by atoms with van der Waals surface area (Å²) in [4.78, 5) is 4.00. The van der Waals surface area contributed by atoms with Gasteiger partial charge in [0.1, 0.15) is 4.60 Å². The van der Waals surface area contributed by atoms with Crippen LogP contribution in [0.15, 0.2) is 22.9 Å². The van der Waals surface area contributed by atoms with Crippen molar-refractivity contribution in [1.82, 2.24) is 4.98 Å². The Kier molecular flexibility index (Phi) is 2.11. The molecule has 0 saturated heterocycles. The highest BCUT2D eigenvalue weighted by Crippen LogP contribution is 2.08. The number of hydrogen-bond donors (Lipinski definition) is 1. The lowest BCUT2D eigenvalue weighted by atomic mass is 10.3. The minimum atomic E-state index is 0.863. The highest BCUT2D eigenvalue weighted by Gasteiger charge is 1.86. The first-order chi connectivity index (χ1) is 4.33. The number of anilines is 1. The van der Waals surface area contributed by atoms with Gasteiger partial charge in [-0.15, -0.1) is 0 Å². The summed E-state index contributed by atoms with van der Waals surface area (Å²) in [6.45, 7) is 0. The van der Waals surface area contributed by atoms with E-state index in [-0.39, 0.29) is 0 Å². The maximum Gasteiger partial charge on any atom is 0.214 e. The summed E-state index contributed by atoms with van der Waals surface area (Å²) in [6, 6.07) is 3.85. The monoisotopic (exact) mass is 184 g/mol. The zero-order valence-corrected chi connectivity index (χ0v) is 6.64. The zero-order chi connectivity index (χ0) is 6.69. The first-order valence-electron chi connectivity index (χ1n) is 2.62. The van der Waals surface area contributed by atoms with Gasteiger partial charge in [0.25, 0.3) is 0 Å². The average molecular weight is 185 g/mol. The predicted octanol–water partition coefficient (Wildman–Crippen LogP) is 0.804.